The molecule has 3 unspecified atom stereocenters. The number of nitrogens with one attached hydrogen (secondary N) is 1. The molecule has 2 heteroatoms. The normalized spacial score (nSPS) is 28.5. The predicted molar refractivity (Wildman–Crippen MR) is 90.9 cm³/mol. The van der Waals surface area contributed by atoms with Gasteiger partial charge in [0.25, 0.3) is 0 Å². The van der Waals surface area contributed by atoms with Crippen LogP contribution >= 0.6 is 0 Å². The third kappa shape index (κ3) is 3.96. The van der Waals surface area contributed by atoms with Crippen LogP contribution < -0.4 is 5.32 Å². The van der Waals surface area contributed by atoms with Gasteiger partial charge in [-0.2, -0.15) is 0 Å². The first-order chi connectivity index (χ1) is 10.6. The molecule has 2 nitrogen and oxygen atoms in total. The fourth-order valence-electron chi connectivity index (χ4n) is 3.78. The van der Waals surface area contributed by atoms with Crippen molar-refractivity contribution in [3.8, 4) is 0 Å². The molecule has 0 aliphatic carbocycles. The third-order valence-electron chi connectivity index (χ3n) is 4.53. The van der Waals surface area contributed by atoms with Crippen LogP contribution in [-0.2, 0) is 12.8 Å². The Morgan fingerprint density at radius 2 is 1.55 bits per heavy atom. The van der Waals surface area contributed by atoms with Gasteiger partial charge in [0.2, 0.25) is 0 Å². The van der Waals surface area contributed by atoms with E-state index in [0.29, 0.717) is 12.1 Å². The zero-order chi connectivity index (χ0) is 15.4. The van der Waals surface area contributed by atoms with E-state index in [1.54, 1.807) is 0 Å². The zero-order valence-electron chi connectivity index (χ0n) is 13.2. The van der Waals surface area contributed by atoms with Crippen LogP contribution in [0.4, 0.5) is 0 Å². The molecule has 2 N–H and O–H groups in total. The molecule has 0 radical (unpaired) electrons. The van der Waals surface area contributed by atoms with Gasteiger partial charge in [-0.15, -0.1) is 0 Å². The lowest BCUT2D eigenvalue weighted by atomic mass is 9.78. The maximum atomic E-state index is 11.1. The van der Waals surface area contributed by atoms with E-state index in [9.17, 15) is 5.11 Å². The maximum Gasteiger partial charge on any atom is 0.0717 e. The average molecular weight is 295 g/mol. The molecular formula is C20H25NO. The van der Waals surface area contributed by atoms with Crippen LogP contribution in [0.25, 0.3) is 0 Å². The third-order valence-corrected chi connectivity index (χ3v) is 4.53. The molecule has 1 fully saturated rings. The highest BCUT2D eigenvalue weighted by Crippen LogP contribution is 2.30. The monoisotopic (exact) mass is 295 g/mol. The molecule has 22 heavy (non-hydrogen) atoms. The van der Waals surface area contributed by atoms with E-state index >= 15 is 0 Å². The maximum absolute atomic E-state index is 11.1. The largest absolute Gasteiger partial charge is 0.389 e. The molecule has 1 heterocycles. The second-order valence-electron chi connectivity index (χ2n) is 6.75. The summed E-state index contributed by atoms with van der Waals surface area (Å²) in [4.78, 5) is 0. The van der Waals surface area contributed by atoms with E-state index in [4.69, 9.17) is 0 Å². The lowest BCUT2D eigenvalue weighted by Crippen LogP contribution is -2.54. The van der Waals surface area contributed by atoms with E-state index in [2.05, 4.69) is 48.6 Å². The first-order valence-electron chi connectivity index (χ1n) is 8.19. The van der Waals surface area contributed by atoms with Crippen LogP contribution in [-0.4, -0.2) is 22.8 Å². The minimum absolute atomic E-state index is 0.333. The molecule has 3 atom stereocenters. The predicted octanol–water partition coefficient (Wildman–Crippen LogP) is 3.34. The summed E-state index contributed by atoms with van der Waals surface area (Å²) in [5, 5.41) is 14.7. The first kappa shape index (κ1) is 15.3. The highest BCUT2D eigenvalue weighted by molar-refractivity contribution is 5.19. The Morgan fingerprint density at radius 1 is 0.955 bits per heavy atom. The summed E-state index contributed by atoms with van der Waals surface area (Å²) >= 11 is 0. The van der Waals surface area contributed by atoms with Gasteiger partial charge < -0.3 is 10.4 Å². The quantitative estimate of drug-likeness (QED) is 0.906. The average Bonchev–Trinajstić information content (AvgIpc) is 2.47. The molecule has 0 spiro atoms. The van der Waals surface area contributed by atoms with E-state index in [1.165, 1.54) is 11.1 Å². The van der Waals surface area contributed by atoms with Crippen LogP contribution in [0.3, 0.4) is 0 Å². The summed E-state index contributed by atoms with van der Waals surface area (Å²) in [5.41, 5.74) is 1.94. The summed E-state index contributed by atoms with van der Waals surface area (Å²) in [6.07, 6.45) is 3.34. The molecular weight excluding hydrogens is 270 g/mol. The molecule has 0 saturated carbocycles. The van der Waals surface area contributed by atoms with Crippen LogP contribution in [0.5, 0.6) is 0 Å². The Labute approximate surface area is 133 Å². The molecule has 0 bridgehead atoms. The van der Waals surface area contributed by atoms with E-state index < -0.39 is 5.60 Å². The second kappa shape index (κ2) is 6.64. The van der Waals surface area contributed by atoms with Crippen molar-refractivity contribution in [2.24, 2.45) is 0 Å². The number of benzene rings is 2. The fourth-order valence-corrected chi connectivity index (χ4v) is 3.78. The van der Waals surface area contributed by atoms with Crippen molar-refractivity contribution in [1.82, 2.24) is 5.32 Å². The number of piperidine rings is 1. The Hall–Kier alpha value is -1.64. The Morgan fingerprint density at radius 3 is 2.18 bits per heavy atom. The molecule has 1 saturated heterocycles. The van der Waals surface area contributed by atoms with Gasteiger partial charge >= 0.3 is 0 Å². The van der Waals surface area contributed by atoms with Gasteiger partial charge in [0.1, 0.15) is 0 Å². The van der Waals surface area contributed by atoms with Crippen molar-refractivity contribution in [2.45, 2.75) is 50.3 Å². The molecule has 0 aromatic heterocycles. The van der Waals surface area contributed by atoms with Gasteiger partial charge in [0.15, 0.2) is 0 Å². The zero-order valence-corrected chi connectivity index (χ0v) is 13.2. The molecule has 2 aromatic rings. The van der Waals surface area contributed by atoms with E-state index in [-0.39, 0.29) is 0 Å². The molecule has 1 aliphatic heterocycles. The van der Waals surface area contributed by atoms with Crippen LogP contribution in [0.15, 0.2) is 60.7 Å². The van der Waals surface area contributed by atoms with Gasteiger partial charge in [0, 0.05) is 18.5 Å². The van der Waals surface area contributed by atoms with Crippen molar-refractivity contribution in [3.63, 3.8) is 0 Å². The number of hydrogen-bond acceptors (Lipinski definition) is 2. The highest BCUT2D eigenvalue weighted by Gasteiger charge is 2.37. The fraction of sp³-hybridized carbons (Fsp3) is 0.400. The minimum atomic E-state index is -0.606. The van der Waals surface area contributed by atoms with Crippen LogP contribution in [0.1, 0.15) is 30.9 Å². The van der Waals surface area contributed by atoms with Crippen molar-refractivity contribution in [2.75, 3.05) is 0 Å². The Balaban J connectivity index is 1.70. The summed E-state index contributed by atoms with van der Waals surface area (Å²) in [6, 6.07) is 21.5. The van der Waals surface area contributed by atoms with Crippen molar-refractivity contribution in [1.29, 1.82) is 0 Å². The summed E-state index contributed by atoms with van der Waals surface area (Å²) in [7, 11) is 0. The van der Waals surface area contributed by atoms with Gasteiger partial charge in [-0.05, 0) is 37.3 Å². The summed E-state index contributed by atoms with van der Waals surface area (Å²) in [5.74, 6) is 0. The van der Waals surface area contributed by atoms with Crippen LogP contribution in [0, 0.1) is 0 Å². The van der Waals surface area contributed by atoms with Gasteiger partial charge in [-0.25, -0.2) is 0 Å². The smallest absolute Gasteiger partial charge is 0.0717 e. The lowest BCUT2D eigenvalue weighted by molar-refractivity contribution is -0.0167. The summed E-state index contributed by atoms with van der Waals surface area (Å²) in [6.45, 7) is 2.17. The van der Waals surface area contributed by atoms with Crippen molar-refractivity contribution in [3.05, 3.63) is 71.8 Å². The molecule has 2 aromatic carbocycles. The highest BCUT2D eigenvalue weighted by atomic mass is 16.3. The second-order valence-corrected chi connectivity index (χ2v) is 6.75. The standard InChI is InChI=1S/C20H25NO/c1-16-13-20(22,14-18-10-6-3-7-11-18)15-19(21-16)12-17-8-4-2-5-9-17/h2-11,16,19,21-22H,12-15H2,1H3. The number of hydrogen-bond donors (Lipinski definition) is 2. The Kier molecular flexibility index (Phi) is 4.60. The van der Waals surface area contributed by atoms with E-state index in [0.717, 1.165) is 25.7 Å². The lowest BCUT2D eigenvalue weighted by Gasteiger charge is -2.41. The van der Waals surface area contributed by atoms with Crippen molar-refractivity contribution >= 4 is 0 Å². The van der Waals surface area contributed by atoms with Crippen molar-refractivity contribution < 1.29 is 5.11 Å². The molecule has 116 valence electrons. The van der Waals surface area contributed by atoms with Gasteiger partial charge in [-0.3, -0.25) is 0 Å². The van der Waals surface area contributed by atoms with Gasteiger partial charge in [0.05, 0.1) is 5.60 Å². The SMILES string of the molecule is CC1CC(O)(Cc2ccccc2)CC(Cc2ccccc2)N1. The molecule has 1 aliphatic rings. The van der Waals surface area contributed by atoms with E-state index in [1.807, 2.05) is 24.3 Å². The van der Waals surface area contributed by atoms with Crippen LogP contribution in [0.2, 0.25) is 0 Å². The number of rotatable bonds is 4. The molecule has 0 amide bonds. The minimum Gasteiger partial charge on any atom is -0.389 e. The Bertz CT molecular complexity index is 583. The first-order valence-corrected chi connectivity index (χ1v) is 8.19. The topological polar surface area (TPSA) is 32.3 Å². The van der Waals surface area contributed by atoms with Gasteiger partial charge in [-0.1, -0.05) is 60.7 Å². The number of aliphatic hydroxyl groups is 1. The summed E-state index contributed by atoms with van der Waals surface area (Å²) < 4.78 is 0. The molecule has 3 rings (SSSR count).